The van der Waals surface area contributed by atoms with Crippen LogP contribution in [0.4, 0.5) is 0 Å². The van der Waals surface area contributed by atoms with E-state index < -0.39 is 12.1 Å². The summed E-state index contributed by atoms with van der Waals surface area (Å²) in [4.78, 5) is 23.3. The van der Waals surface area contributed by atoms with Gasteiger partial charge in [0.05, 0.1) is 19.8 Å². The monoisotopic (exact) mass is 351 g/mol. The van der Waals surface area contributed by atoms with Crippen molar-refractivity contribution in [2.24, 2.45) is 0 Å². The number of amides is 1. The predicted octanol–water partition coefficient (Wildman–Crippen LogP) is 1.98. The van der Waals surface area contributed by atoms with Crippen LogP contribution in [0, 0.1) is 0 Å². The van der Waals surface area contributed by atoms with E-state index in [0.29, 0.717) is 12.2 Å². The molecule has 1 heterocycles. The van der Waals surface area contributed by atoms with Crippen molar-refractivity contribution < 1.29 is 28.9 Å². The lowest BCUT2D eigenvalue weighted by Crippen LogP contribution is -2.36. The van der Waals surface area contributed by atoms with Gasteiger partial charge in [-0.05, 0) is 43.9 Å². The Morgan fingerprint density at radius 1 is 1.40 bits per heavy atom. The predicted molar refractivity (Wildman–Crippen MR) is 90.8 cm³/mol. The van der Waals surface area contributed by atoms with Gasteiger partial charge in [-0.3, -0.25) is 4.79 Å². The van der Waals surface area contributed by atoms with Crippen molar-refractivity contribution in [3.05, 3.63) is 29.3 Å². The second-order valence-corrected chi connectivity index (χ2v) is 6.02. The fourth-order valence-electron chi connectivity index (χ4n) is 2.63. The molecule has 7 heteroatoms. The maximum Gasteiger partial charge on any atom is 0.339 e. The Bertz CT molecular complexity index is 597. The summed E-state index contributed by atoms with van der Waals surface area (Å²) in [5.74, 6) is -1.04. The number of benzene rings is 1. The molecular weight excluding hydrogens is 326 g/mol. The van der Waals surface area contributed by atoms with E-state index in [1.54, 1.807) is 19.1 Å². The van der Waals surface area contributed by atoms with Crippen molar-refractivity contribution in [3.63, 3.8) is 0 Å². The summed E-state index contributed by atoms with van der Waals surface area (Å²) < 4.78 is 16.2. The summed E-state index contributed by atoms with van der Waals surface area (Å²) >= 11 is 0. The van der Waals surface area contributed by atoms with Gasteiger partial charge in [-0.25, -0.2) is 4.79 Å². The summed E-state index contributed by atoms with van der Waals surface area (Å²) in [5.41, 5.74) is 0.738. The average Bonchev–Trinajstić information content (AvgIpc) is 2.64. The smallest absolute Gasteiger partial charge is 0.339 e. The maximum atomic E-state index is 12.1. The van der Waals surface area contributed by atoms with Gasteiger partial charge in [0.2, 0.25) is 5.91 Å². The van der Waals surface area contributed by atoms with Gasteiger partial charge in [0, 0.05) is 13.2 Å². The lowest BCUT2D eigenvalue weighted by atomic mass is 10.1. The Hall–Kier alpha value is -2.12. The van der Waals surface area contributed by atoms with E-state index in [4.69, 9.17) is 14.2 Å². The first-order valence-corrected chi connectivity index (χ1v) is 8.42. The Labute approximate surface area is 147 Å². The molecule has 1 saturated heterocycles. The molecule has 2 atom stereocenters. The lowest BCUT2D eigenvalue weighted by Gasteiger charge is -2.23. The highest BCUT2D eigenvalue weighted by molar-refractivity contribution is 5.91. The van der Waals surface area contributed by atoms with Crippen molar-refractivity contribution in [3.8, 4) is 5.75 Å². The van der Waals surface area contributed by atoms with Gasteiger partial charge in [0.25, 0.3) is 0 Å². The van der Waals surface area contributed by atoms with Crippen LogP contribution < -0.4 is 10.1 Å². The van der Waals surface area contributed by atoms with Gasteiger partial charge in [-0.1, -0.05) is 6.07 Å². The second-order valence-electron chi connectivity index (χ2n) is 6.02. The highest BCUT2D eigenvalue weighted by Crippen LogP contribution is 2.20. The van der Waals surface area contributed by atoms with E-state index in [9.17, 15) is 14.7 Å². The topological polar surface area (TPSA) is 94.1 Å². The number of methoxy groups -OCH3 is 1. The van der Waals surface area contributed by atoms with E-state index in [2.05, 4.69) is 5.32 Å². The molecular formula is C18H25NO6. The molecule has 138 valence electrons. The number of carboxylic acid groups (broad SMARTS) is 1. The molecule has 0 saturated carbocycles. The largest absolute Gasteiger partial charge is 0.496 e. The number of carbonyl (C=O) groups is 2. The molecule has 0 bridgehead atoms. The van der Waals surface area contributed by atoms with Gasteiger partial charge in [0.15, 0.2) is 0 Å². The minimum atomic E-state index is -1.07. The van der Waals surface area contributed by atoms with E-state index in [-0.39, 0.29) is 29.9 Å². The lowest BCUT2D eigenvalue weighted by molar-refractivity contribution is -0.135. The summed E-state index contributed by atoms with van der Waals surface area (Å²) in [5, 5.41) is 11.9. The van der Waals surface area contributed by atoms with Crippen LogP contribution in [0.3, 0.4) is 0 Å². The molecule has 0 aromatic heterocycles. The van der Waals surface area contributed by atoms with Crippen molar-refractivity contribution >= 4 is 11.9 Å². The van der Waals surface area contributed by atoms with Crippen LogP contribution in [0.5, 0.6) is 5.75 Å². The Morgan fingerprint density at radius 3 is 2.84 bits per heavy atom. The van der Waals surface area contributed by atoms with Crippen LogP contribution >= 0.6 is 0 Å². The molecule has 7 nitrogen and oxygen atoms in total. The first-order chi connectivity index (χ1) is 12.0. The number of nitrogens with one attached hydrogen (secondary N) is 1. The highest BCUT2D eigenvalue weighted by Gasteiger charge is 2.19. The minimum absolute atomic E-state index is 0.0590. The molecule has 1 aliphatic rings. The first-order valence-electron chi connectivity index (χ1n) is 8.42. The van der Waals surface area contributed by atoms with Gasteiger partial charge >= 0.3 is 5.97 Å². The van der Waals surface area contributed by atoms with Crippen molar-refractivity contribution in [1.29, 1.82) is 0 Å². The standard InChI is InChI=1S/C18H25NO6/c1-12(25-11-14-5-3-4-8-24-14)17(20)19-10-13-6-7-16(23-2)15(9-13)18(21)22/h6-7,9,12,14H,3-5,8,10-11H2,1-2H3,(H,19,20)(H,21,22)/t12-,14-/m1/s1. The zero-order chi connectivity index (χ0) is 18.2. The SMILES string of the molecule is COc1ccc(CNC(=O)[C@@H](C)OC[C@H]2CCCCO2)cc1C(=O)O. The van der Waals surface area contributed by atoms with Crippen molar-refractivity contribution in [2.45, 2.75) is 44.9 Å². The van der Waals surface area contributed by atoms with Gasteiger partial charge in [-0.2, -0.15) is 0 Å². The van der Waals surface area contributed by atoms with E-state index >= 15 is 0 Å². The van der Waals surface area contributed by atoms with Crippen LogP contribution in [0.2, 0.25) is 0 Å². The molecule has 0 spiro atoms. The Kier molecular flexibility index (Phi) is 7.21. The fraction of sp³-hybridized carbons (Fsp3) is 0.556. The third-order valence-electron chi connectivity index (χ3n) is 4.14. The quantitative estimate of drug-likeness (QED) is 0.744. The van der Waals surface area contributed by atoms with Crippen LogP contribution in [0.15, 0.2) is 18.2 Å². The Balaban J connectivity index is 1.82. The Morgan fingerprint density at radius 2 is 2.20 bits per heavy atom. The maximum absolute atomic E-state index is 12.1. The number of carbonyl (C=O) groups excluding carboxylic acids is 1. The zero-order valence-corrected chi connectivity index (χ0v) is 14.6. The van der Waals surface area contributed by atoms with Crippen LogP contribution in [-0.4, -0.2) is 49.5 Å². The summed E-state index contributed by atoms with van der Waals surface area (Å²) in [6, 6.07) is 4.78. The van der Waals surface area contributed by atoms with Gasteiger partial charge in [-0.15, -0.1) is 0 Å². The van der Waals surface area contributed by atoms with E-state index in [0.717, 1.165) is 25.9 Å². The summed E-state index contributed by atoms with van der Waals surface area (Å²) in [6.07, 6.45) is 2.62. The molecule has 0 unspecified atom stereocenters. The molecule has 1 aromatic carbocycles. The number of hydrogen-bond donors (Lipinski definition) is 2. The molecule has 0 aliphatic carbocycles. The number of aromatic carboxylic acids is 1. The molecule has 1 aromatic rings. The third-order valence-corrected chi connectivity index (χ3v) is 4.14. The van der Waals surface area contributed by atoms with E-state index in [1.807, 2.05) is 0 Å². The average molecular weight is 351 g/mol. The fourth-order valence-corrected chi connectivity index (χ4v) is 2.63. The van der Waals surface area contributed by atoms with E-state index in [1.165, 1.54) is 13.2 Å². The number of rotatable bonds is 8. The van der Waals surface area contributed by atoms with Gasteiger partial charge < -0.3 is 24.6 Å². The third kappa shape index (κ3) is 5.72. The highest BCUT2D eigenvalue weighted by atomic mass is 16.5. The molecule has 2 N–H and O–H groups in total. The first kappa shape index (κ1) is 19.2. The van der Waals surface area contributed by atoms with Crippen LogP contribution in [0.1, 0.15) is 42.1 Å². The molecule has 2 rings (SSSR count). The number of hydrogen-bond acceptors (Lipinski definition) is 5. The van der Waals surface area contributed by atoms with Gasteiger partial charge in [0.1, 0.15) is 17.4 Å². The molecule has 1 amide bonds. The molecule has 25 heavy (non-hydrogen) atoms. The minimum Gasteiger partial charge on any atom is -0.496 e. The normalized spacial score (nSPS) is 18.4. The van der Waals surface area contributed by atoms with Crippen molar-refractivity contribution in [1.82, 2.24) is 5.32 Å². The summed E-state index contributed by atoms with van der Waals surface area (Å²) in [6.45, 7) is 3.06. The van der Waals surface area contributed by atoms with Crippen LogP contribution in [-0.2, 0) is 20.8 Å². The van der Waals surface area contributed by atoms with Crippen LogP contribution in [0.25, 0.3) is 0 Å². The zero-order valence-electron chi connectivity index (χ0n) is 14.6. The second kappa shape index (κ2) is 9.39. The van der Waals surface area contributed by atoms with Crippen molar-refractivity contribution in [2.75, 3.05) is 20.3 Å². The molecule has 0 radical (unpaired) electrons. The summed E-state index contributed by atoms with van der Waals surface area (Å²) in [7, 11) is 1.41. The molecule has 1 aliphatic heterocycles. The number of ether oxygens (including phenoxy) is 3. The number of carboxylic acids is 1. The molecule has 1 fully saturated rings.